The molecule has 1 aromatic carbocycles. The minimum atomic E-state index is -3.21. The molecule has 1 aromatic heterocycles. The molecule has 0 saturated heterocycles. The number of hydrogen-bond donors (Lipinski definition) is 1. The molecule has 2 aromatic rings. The molecule has 0 radical (unpaired) electrons. The molecule has 102 valence electrons. The van der Waals surface area contributed by atoms with Crippen molar-refractivity contribution >= 4 is 9.84 Å². The largest absolute Gasteiger partial charge is 0.388 e. The fourth-order valence-corrected chi connectivity index (χ4v) is 2.37. The Morgan fingerprint density at radius 3 is 2.42 bits per heavy atom. The maximum Gasteiger partial charge on any atom is 0.175 e. The second kappa shape index (κ2) is 5.10. The lowest BCUT2D eigenvalue weighted by molar-refractivity contribution is 0.177. The summed E-state index contributed by atoms with van der Waals surface area (Å²) in [7, 11) is -1.45. The van der Waals surface area contributed by atoms with E-state index in [1.54, 1.807) is 30.1 Å². The van der Waals surface area contributed by atoms with Gasteiger partial charge < -0.3 is 5.11 Å². The van der Waals surface area contributed by atoms with Crippen LogP contribution in [0, 0.1) is 0 Å². The Morgan fingerprint density at radius 1 is 1.32 bits per heavy atom. The highest BCUT2D eigenvalue weighted by Gasteiger charge is 2.12. The standard InChI is InChI=1S/C12H15N3O3S/c1-15-8-10(13-14-15)7-12(16)9-3-5-11(6-4-9)19(2,17)18/h3-6,8,12,16H,7H2,1-2H3. The van der Waals surface area contributed by atoms with E-state index in [9.17, 15) is 13.5 Å². The molecular weight excluding hydrogens is 266 g/mol. The number of aliphatic hydroxyl groups excluding tert-OH is 1. The third-order valence-electron chi connectivity index (χ3n) is 2.75. The molecular formula is C12H15N3O3S. The first-order valence-electron chi connectivity index (χ1n) is 5.69. The van der Waals surface area contributed by atoms with Crippen LogP contribution in [0.15, 0.2) is 35.4 Å². The maximum atomic E-state index is 11.3. The van der Waals surface area contributed by atoms with E-state index in [0.29, 0.717) is 17.7 Å². The Kier molecular flexibility index (Phi) is 3.68. The molecule has 0 saturated carbocycles. The van der Waals surface area contributed by atoms with E-state index < -0.39 is 15.9 Å². The van der Waals surface area contributed by atoms with Crippen molar-refractivity contribution in [3.05, 3.63) is 41.7 Å². The zero-order valence-electron chi connectivity index (χ0n) is 10.7. The van der Waals surface area contributed by atoms with Gasteiger partial charge in [0.25, 0.3) is 0 Å². The summed E-state index contributed by atoms with van der Waals surface area (Å²) in [6, 6.07) is 6.20. The number of aryl methyl sites for hydroxylation is 1. The van der Waals surface area contributed by atoms with Crippen molar-refractivity contribution in [2.45, 2.75) is 17.4 Å². The first-order chi connectivity index (χ1) is 8.86. The molecule has 0 aliphatic carbocycles. The molecule has 19 heavy (non-hydrogen) atoms. The number of hydrogen-bond acceptors (Lipinski definition) is 5. The molecule has 0 aliphatic rings. The number of aromatic nitrogens is 3. The Bertz CT molecular complexity index is 662. The van der Waals surface area contributed by atoms with E-state index in [1.807, 2.05) is 0 Å². The Balaban J connectivity index is 2.14. The lowest BCUT2D eigenvalue weighted by Gasteiger charge is -2.09. The number of nitrogens with zero attached hydrogens (tertiary/aromatic N) is 3. The minimum absolute atomic E-state index is 0.239. The van der Waals surface area contributed by atoms with Gasteiger partial charge in [0.2, 0.25) is 0 Å². The van der Waals surface area contributed by atoms with Crippen LogP contribution in [0.4, 0.5) is 0 Å². The van der Waals surface area contributed by atoms with Crippen molar-refractivity contribution in [1.82, 2.24) is 15.0 Å². The molecule has 1 atom stereocenters. The van der Waals surface area contributed by atoms with Crippen molar-refractivity contribution in [3.8, 4) is 0 Å². The van der Waals surface area contributed by atoms with Crippen LogP contribution in [0.25, 0.3) is 0 Å². The summed E-state index contributed by atoms with van der Waals surface area (Å²) >= 11 is 0. The van der Waals surface area contributed by atoms with Gasteiger partial charge >= 0.3 is 0 Å². The second-order valence-electron chi connectivity index (χ2n) is 4.44. The topological polar surface area (TPSA) is 85.1 Å². The van der Waals surface area contributed by atoms with E-state index in [0.717, 1.165) is 6.26 Å². The summed E-state index contributed by atoms with van der Waals surface area (Å²) in [5.74, 6) is 0. The zero-order valence-corrected chi connectivity index (χ0v) is 11.5. The third kappa shape index (κ3) is 3.39. The van der Waals surface area contributed by atoms with Crippen molar-refractivity contribution < 1.29 is 13.5 Å². The van der Waals surface area contributed by atoms with Crippen molar-refractivity contribution in [1.29, 1.82) is 0 Å². The van der Waals surface area contributed by atoms with Gasteiger partial charge in [0.15, 0.2) is 9.84 Å². The summed E-state index contributed by atoms with van der Waals surface area (Å²) < 4.78 is 24.2. The van der Waals surface area contributed by atoms with E-state index in [1.165, 1.54) is 12.1 Å². The van der Waals surface area contributed by atoms with Gasteiger partial charge in [-0.1, -0.05) is 17.3 Å². The Hall–Kier alpha value is -1.73. The van der Waals surface area contributed by atoms with E-state index in [2.05, 4.69) is 10.3 Å². The van der Waals surface area contributed by atoms with E-state index in [4.69, 9.17) is 0 Å². The quantitative estimate of drug-likeness (QED) is 0.882. The average Bonchev–Trinajstić information content (AvgIpc) is 2.74. The van der Waals surface area contributed by atoms with Gasteiger partial charge in [-0.15, -0.1) is 5.10 Å². The number of benzene rings is 1. The summed E-state index contributed by atoms with van der Waals surface area (Å²) in [4.78, 5) is 0.239. The molecule has 0 bridgehead atoms. The van der Waals surface area contributed by atoms with Gasteiger partial charge in [0.1, 0.15) is 0 Å². The molecule has 1 unspecified atom stereocenters. The first-order valence-corrected chi connectivity index (χ1v) is 7.58. The van der Waals surface area contributed by atoms with Crippen molar-refractivity contribution in [2.24, 2.45) is 7.05 Å². The van der Waals surface area contributed by atoms with Gasteiger partial charge in [-0.05, 0) is 17.7 Å². The van der Waals surface area contributed by atoms with Crippen LogP contribution >= 0.6 is 0 Å². The monoisotopic (exact) mass is 281 g/mol. The molecule has 7 heteroatoms. The van der Waals surface area contributed by atoms with E-state index in [-0.39, 0.29) is 4.90 Å². The third-order valence-corrected chi connectivity index (χ3v) is 3.87. The fraction of sp³-hybridized carbons (Fsp3) is 0.333. The normalized spacial score (nSPS) is 13.4. The van der Waals surface area contributed by atoms with Crippen molar-refractivity contribution in [3.63, 3.8) is 0 Å². The van der Waals surface area contributed by atoms with Gasteiger partial charge in [-0.3, -0.25) is 4.68 Å². The summed E-state index contributed by atoms with van der Waals surface area (Å²) in [6.07, 6.45) is 2.49. The second-order valence-corrected chi connectivity index (χ2v) is 6.46. The van der Waals surface area contributed by atoms with Gasteiger partial charge in [0.05, 0.1) is 16.7 Å². The lowest BCUT2D eigenvalue weighted by Crippen LogP contribution is -2.03. The van der Waals surface area contributed by atoms with E-state index >= 15 is 0 Å². The summed E-state index contributed by atoms with van der Waals surface area (Å²) in [6.45, 7) is 0. The zero-order chi connectivity index (χ0) is 14.0. The molecule has 0 aliphatic heterocycles. The van der Waals surface area contributed by atoms with Crippen LogP contribution in [-0.4, -0.2) is 34.8 Å². The first kappa shape index (κ1) is 13.7. The number of rotatable bonds is 4. The predicted molar refractivity (Wildman–Crippen MR) is 69.2 cm³/mol. The Labute approximate surface area is 111 Å². The predicted octanol–water partition coefficient (Wildman–Crippen LogP) is 0.495. The van der Waals surface area contributed by atoms with Gasteiger partial charge in [0, 0.05) is 25.9 Å². The molecule has 1 heterocycles. The SMILES string of the molecule is Cn1cc(CC(O)c2ccc(S(C)(=O)=O)cc2)nn1. The lowest BCUT2D eigenvalue weighted by atomic mass is 10.1. The Morgan fingerprint density at radius 2 is 1.95 bits per heavy atom. The van der Waals surface area contributed by atoms with Crippen molar-refractivity contribution in [2.75, 3.05) is 6.26 Å². The molecule has 6 nitrogen and oxygen atoms in total. The van der Waals surface area contributed by atoms with Crippen LogP contribution in [0.1, 0.15) is 17.4 Å². The molecule has 0 amide bonds. The smallest absolute Gasteiger partial charge is 0.175 e. The van der Waals surface area contributed by atoms with Crippen LogP contribution in [0.3, 0.4) is 0 Å². The molecule has 0 spiro atoms. The highest BCUT2D eigenvalue weighted by molar-refractivity contribution is 7.90. The van der Waals surface area contributed by atoms with Crippen LogP contribution in [0.2, 0.25) is 0 Å². The molecule has 2 rings (SSSR count). The highest BCUT2D eigenvalue weighted by Crippen LogP contribution is 2.19. The maximum absolute atomic E-state index is 11.3. The van der Waals surface area contributed by atoms with Crippen LogP contribution in [-0.2, 0) is 23.3 Å². The number of sulfone groups is 1. The van der Waals surface area contributed by atoms with Crippen LogP contribution < -0.4 is 0 Å². The van der Waals surface area contributed by atoms with Gasteiger partial charge in [-0.25, -0.2) is 8.42 Å². The molecule has 0 fully saturated rings. The highest BCUT2D eigenvalue weighted by atomic mass is 32.2. The average molecular weight is 281 g/mol. The molecule has 1 N–H and O–H groups in total. The number of aliphatic hydroxyl groups is 1. The fourth-order valence-electron chi connectivity index (χ4n) is 1.74. The van der Waals surface area contributed by atoms with Crippen LogP contribution in [0.5, 0.6) is 0 Å². The summed E-state index contributed by atoms with van der Waals surface area (Å²) in [5, 5.41) is 17.7. The van der Waals surface area contributed by atoms with Gasteiger partial charge in [-0.2, -0.15) is 0 Å². The minimum Gasteiger partial charge on any atom is -0.388 e. The summed E-state index contributed by atoms with van der Waals surface area (Å²) in [5.41, 5.74) is 1.33.